The zero-order valence-corrected chi connectivity index (χ0v) is 13.1. The van der Waals surface area contributed by atoms with Gasteiger partial charge >= 0.3 is 0 Å². The number of hydrogen-bond donors (Lipinski definition) is 1. The van der Waals surface area contributed by atoms with Gasteiger partial charge in [0.15, 0.2) is 0 Å². The number of hydrogen-bond acceptors (Lipinski definition) is 4. The van der Waals surface area contributed by atoms with Crippen molar-refractivity contribution in [2.75, 3.05) is 0 Å². The first-order chi connectivity index (χ1) is 11.0. The van der Waals surface area contributed by atoms with Crippen molar-refractivity contribution in [1.29, 1.82) is 0 Å². The first-order valence-corrected chi connectivity index (χ1v) is 8.51. The molecule has 6 heteroatoms. The van der Waals surface area contributed by atoms with Crippen LogP contribution in [-0.2, 0) is 21.2 Å². The summed E-state index contributed by atoms with van der Waals surface area (Å²) in [7, 11) is -3.90. The normalized spacial score (nSPS) is 13.0. The van der Waals surface area contributed by atoms with Gasteiger partial charge in [-0.25, -0.2) is 13.1 Å². The Morgan fingerprint density at radius 2 is 1.61 bits per heavy atom. The van der Waals surface area contributed by atoms with Crippen LogP contribution in [0.2, 0.25) is 0 Å². The molecule has 2 aromatic rings. The van der Waals surface area contributed by atoms with E-state index in [1.165, 1.54) is 6.08 Å². The lowest BCUT2D eigenvalue weighted by Gasteiger charge is -2.18. The molecule has 0 heterocycles. The molecule has 0 aromatic heterocycles. The van der Waals surface area contributed by atoms with E-state index >= 15 is 0 Å². The van der Waals surface area contributed by atoms with Crippen molar-refractivity contribution >= 4 is 22.1 Å². The lowest BCUT2D eigenvalue weighted by atomic mass is 10.1. The number of benzene rings is 2. The van der Waals surface area contributed by atoms with Crippen LogP contribution in [0.4, 0.5) is 0 Å². The molecule has 2 rings (SSSR count). The van der Waals surface area contributed by atoms with Gasteiger partial charge in [-0.2, -0.15) is 0 Å². The van der Waals surface area contributed by atoms with Crippen LogP contribution in [0.5, 0.6) is 0 Å². The third-order valence-electron chi connectivity index (χ3n) is 3.11. The molecule has 0 aliphatic carbocycles. The summed E-state index contributed by atoms with van der Waals surface area (Å²) < 4.78 is 26.2. The molecule has 5 nitrogen and oxygen atoms in total. The van der Waals surface area contributed by atoms with Crippen molar-refractivity contribution < 1.29 is 18.3 Å². The van der Waals surface area contributed by atoms with E-state index in [1.807, 2.05) is 6.07 Å². The predicted molar refractivity (Wildman–Crippen MR) is 86.5 cm³/mol. The highest BCUT2D eigenvalue weighted by molar-refractivity contribution is 7.92. The minimum absolute atomic E-state index is 0.0155. The summed E-state index contributed by atoms with van der Waals surface area (Å²) in [5, 5.41) is 12.1. The SMILES string of the molecule is O=C([O-])C(Cc1ccccc1)NS(=O)(=O)C=Cc1ccccc1. The lowest BCUT2D eigenvalue weighted by Crippen LogP contribution is -2.48. The Hall–Kier alpha value is -2.44. The fraction of sp³-hybridized carbons (Fsp3) is 0.118. The summed E-state index contributed by atoms with van der Waals surface area (Å²) in [5.74, 6) is -1.47. The largest absolute Gasteiger partial charge is 0.548 e. The maximum absolute atomic E-state index is 12.0. The third kappa shape index (κ3) is 5.69. The van der Waals surface area contributed by atoms with Crippen LogP contribution in [0.25, 0.3) is 6.08 Å². The smallest absolute Gasteiger partial charge is 0.234 e. The molecule has 0 spiro atoms. The average Bonchev–Trinajstić information content (AvgIpc) is 2.54. The second-order valence-electron chi connectivity index (χ2n) is 4.94. The molecule has 1 N–H and O–H groups in total. The fourth-order valence-electron chi connectivity index (χ4n) is 1.99. The Morgan fingerprint density at radius 3 is 2.17 bits per heavy atom. The number of nitrogens with one attached hydrogen (secondary N) is 1. The number of sulfonamides is 1. The Morgan fingerprint density at radius 1 is 1.04 bits per heavy atom. The summed E-state index contributed by atoms with van der Waals surface area (Å²) in [6, 6.07) is 16.3. The van der Waals surface area contributed by atoms with Crippen molar-refractivity contribution in [3.05, 3.63) is 77.2 Å². The van der Waals surface area contributed by atoms with Crippen LogP contribution in [0.3, 0.4) is 0 Å². The molecule has 0 saturated heterocycles. The molecular weight excluding hydrogens is 314 g/mol. The van der Waals surface area contributed by atoms with Crippen molar-refractivity contribution in [3.63, 3.8) is 0 Å². The molecule has 0 radical (unpaired) electrons. The van der Waals surface area contributed by atoms with Crippen molar-refractivity contribution in [2.45, 2.75) is 12.5 Å². The number of rotatable bonds is 7. The molecule has 0 amide bonds. The standard InChI is InChI=1S/C17H17NO4S/c19-17(20)16(13-15-9-5-2-6-10-15)18-23(21,22)12-11-14-7-3-1-4-8-14/h1-12,16,18H,13H2,(H,19,20)/p-1. The van der Waals surface area contributed by atoms with Crippen LogP contribution >= 0.6 is 0 Å². The number of carboxylic acid groups (broad SMARTS) is 1. The zero-order chi connectivity index (χ0) is 16.7. The molecule has 1 unspecified atom stereocenters. The summed E-state index contributed by atoms with van der Waals surface area (Å²) in [5.41, 5.74) is 1.40. The van der Waals surface area contributed by atoms with Crippen LogP contribution in [-0.4, -0.2) is 20.4 Å². The van der Waals surface area contributed by atoms with Crippen LogP contribution in [0.15, 0.2) is 66.1 Å². The van der Waals surface area contributed by atoms with Crippen molar-refractivity contribution in [1.82, 2.24) is 4.72 Å². The lowest BCUT2D eigenvalue weighted by molar-refractivity contribution is -0.307. The second kappa shape index (κ2) is 7.71. The Labute approximate surface area is 135 Å². The minimum Gasteiger partial charge on any atom is -0.548 e. The molecular formula is C17H16NO4S-. The van der Waals surface area contributed by atoms with Gasteiger partial charge in [0, 0.05) is 5.41 Å². The van der Waals surface area contributed by atoms with Gasteiger partial charge in [-0.3, -0.25) is 0 Å². The van der Waals surface area contributed by atoms with Gasteiger partial charge in [-0.05, 0) is 23.6 Å². The topological polar surface area (TPSA) is 86.3 Å². The average molecular weight is 330 g/mol. The number of aliphatic carboxylic acids is 1. The summed E-state index contributed by atoms with van der Waals surface area (Å²) in [6.07, 6.45) is 1.42. The molecule has 120 valence electrons. The molecule has 0 fully saturated rings. The minimum atomic E-state index is -3.90. The Kier molecular flexibility index (Phi) is 5.67. The quantitative estimate of drug-likeness (QED) is 0.818. The van der Waals surface area contributed by atoms with E-state index in [4.69, 9.17) is 0 Å². The van der Waals surface area contributed by atoms with E-state index in [0.29, 0.717) is 11.1 Å². The van der Waals surface area contributed by atoms with Gasteiger partial charge in [0.1, 0.15) is 0 Å². The summed E-state index contributed by atoms with van der Waals surface area (Å²) in [6.45, 7) is 0. The monoisotopic (exact) mass is 330 g/mol. The molecule has 0 bridgehead atoms. The highest BCUT2D eigenvalue weighted by Gasteiger charge is 2.17. The molecule has 0 saturated carbocycles. The molecule has 0 aliphatic rings. The van der Waals surface area contributed by atoms with E-state index in [9.17, 15) is 18.3 Å². The highest BCUT2D eigenvalue weighted by Crippen LogP contribution is 2.06. The first-order valence-electron chi connectivity index (χ1n) is 6.96. The highest BCUT2D eigenvalue weighted by atomic mass is 32.2. The molecule has 2 aromatic carbocycles. The van der Waals surface area contributed by atoms with Crippen LogP contribution in [0.1, 0.15) is 11.1 Å². The Bertz CT molecular complexity index is 771. The molecule has 0 aliphatic heterocycles. The van der Waals surface area contributed by atoms with Crippen molar-refractivity contribution in [2.24, 2.45) is 0 Å². The van der Waals surface area contributed by atoms with Gasteiger partial charge in [-0.1, -0.05) is 60.7 Å². The molecule has 1 atom stereocenters. The third-order valence-corrected chi connectivity index (χ3v) is 4.22. The van der Waals surface area contributed by atoms with Gasteiger partial charge in [0.2, 0.25) is 10.0 Å². The van der Waals surface area contributed by atoms with Gasteiger partial charge in [0.05, 0.1) is 12.0 Å². The van der Waals surface area contributed by atoms with E-state index in [2.05, 4.69) is 4.72 Å². The number of carbonyl (C=O) groups is 1. The van der Waals surface area contributed by atoms with E-state index < -0.39 is 22.0 Å². The summed E-state index contributed by atoms with van der Waals surface area (Å²) in [4.78, 5) is 11.2. The van der Waals surface area contributed by atoms with Crippen LogP contribution < -0.4 is 9.83 Å². The Balaban J connectivity index is 2.09. The maximum Gasteiger partial charge on any atom is 0.234 e. The van der Waals surface area contributed by atoms with Gasteiger partial charge < -0.3 is 9.90 Å². The number of carbonyl (C=O) groups excluding carboxylic acids is 1. The molecule has 23 heavy (non-hydrogen) atoms. The van der Waals surface area contributed by atoms with Crippen LogP contribution in [0, 0.1) is 0 Å². The van der Waals surface area contributed by atoms with Gasteiger partial charge in [-0.15, -0.1) is 0 Å². The zero-order valence-electron chi connectivity index (χ0n) is 12.3. The van der Waals surface area contributed by atoms with E-state index in [0.717, 1.165) is 5.41 Å². The predicted octanol–water partition coefficient (Wildman–Crippen LogP) is 0.938. The van der Waals surface area contributed by atoms with E-state index in [1.54, 1.807) is 54.6 Å². The van der Waals surface area contributed by atoms with E-state index in [-0.39, 0.29) is 6.42 Å². The second-order valence-corrected chi connectivity index (χ2v) is 6.54. The van der Waals surface area contributed by atoms with Crippen molar-refractivity contribution in [3.8, 4) is 0 Å². The number of carboxylic acids is 1. The first kappa shape index (κ1) is 16.9. The fourth-order valence-corrected chi connectivity index (χ4v) is 2.98. The maximum atomic E-state index is 12.0. The van der Waals surface area contributed by atoms with Gasteiger partial charge in [0.25, 0.3) is 0 Å². The summed E-state index contributed by atoms with van der Waals surface area (Å²) >= 11 is 0.